The van der Waals surface area contributed by atoms with E-state index in [1.807, 2.05) is 30.3 Å². The van der Waals surface area contributed by atoms with Gasteiger partial charge in [-0.1, -0.05) is 35.5 Å². The molecule has 27 heavy (non-hydrogen) atoms. The standard InChI is InChI=1S/C19H16F3N3O2/c1-25(10-13-9-16(27-24-13)12-5-3-2-4-6-12)11-17(26)23-15-8-7-14(20)18(21)19(15)22/h2-9H,10-11H2,1H3,(H,23,26)/p+1. The summed E-state index contributed by atoms with van der Waals surface area (Å²) in [6.07, 6.45) is 0. The lowest BCUT2D eigenvalue weighted by molar-refractivity contribution is -0.885. The van der Waals surface area contributed by atoms with Crippen LogP contribution in [0.3, 0.4) is 0 Å². The number of amides is 1. The van der Waals surface area contributed by atoms with Gasteiger partial charge in [-0.2, -0.15) is 0 Å². The van der Waals surface area contributed by atoms with Crippen LogP contribution in [0, 0.1) is 17.5 Å². The number of hydrogen-bond acceptors (Lipinski definition) is 3. The Morgan fingerprint density at radius 2 is 1.85 bits per heavy atom. The molecule has 3 aromatic rings. The van der Waals surface area contributed by atoms with Crippen LogP contribution < -0.4 is 10.2 Å². The highest BCUT2D eigenvalue weighted by molar-refractivity contribution is 5.91. The van der Waals surface area contributed by atoms with Gasteiger partial charge in [-0.15, -0.1) is 0 Å². The average Bonchev–Trinajstić information content (AvgIpc) is 3.11. The van der Waals surface area contributed by atoms with Gasteiger partial charge in [0.25, 0.3) is 5.91 Å². The van der Waals surface area contributed by atoms with Gasteiger partial charge in [-0.3, -0.25) is 4.79 Å². The van der Waals surface area contributed by atoms with Crippen LogP contribution >= 0.6 is 0 Å². The van der Waals surface area contributed by atoms with E-state index >= 15 is 0 Å². The Morgan fingerprint density at radius 3 is 2.59 bits per heavy atom. The van der Waals surface area contributed by atoms with Crippen molar-refractivity contribution in [2.75, 3.05) is 18.9 Å². The minimum absolute atomic E-state index is 0.0219. The van der Waals surface area contributed by atoms with Gasteiger partial charge in [0, 0.05) is 11.6 Å². The zero-order valence-electron chi connectivity index (χ0n) is 14.4. The molecule has 0 aliphatic carbocycles. The third-order valence-electron chi connectivity index (χ3n) is 3.87. The van der Waals surface area contributed by atoms with Crippen molar-refractivity contribution >= 4 is 11.6 Å². The van der Waals surface area contributed by atoms with Gasteiger partial charge in [0.1, 0.15) is 12.2 Å². The van der Waals surface area contributed by atoms with Gasteiger partial charge in [-0.05, 0) is 12.1 Å². The summed E-state index contributed by atoms with van der Waals surface area (Å²) in [6.45, 7) is 0.371. The number of halogens is 3. The number of benzene rings is 2. The number of nitrogens with zero attached hydrogens (tertiary/aromatic N) is 1. The molecule has 5 nitrogen and oxygen atoms in total. The zero-order valence-corrected chi connectivity index (χ0v) is 14.4. The number of hydrogen-bond donors (Lipinski definition) is 2. The summed E-state index contributed by atoms with van der Waals surface area (Å²) in [5.41, 5.74) is 1.14. The van der Waals surface area contributed by atoms with E-state index in [1.165, 1.54) is 0 Å². The summed E-state index contributed by atoms with van der Waals surface area (Å²) in [4.78, 5) is 12.8. The number of carbonyl (C=O) groups excluding carboxylic acids is 1. The number of nitrogens with one attached hydrogen (secondary N) is 2. The van der Waals surface area contributed by atoms with Crippen LogP contribution in [-0.2, 0) is 11.3 Å². The molecule has 1 unspecified atom stereocenters. The summed E-state index contributed by atoms with van der Waals surface area (Å²) in [6, 6.07) is 13.0. The molecule has 1 heterocycles. The highest BCUT2D eigenvalue weighted by atomic mass is 19.2. The van der Waals surface area contributed by atoms with Crippen molar-refractivity contribution in [3.63, 3.8) is 0 Å². The van der Waals surface area contributed by atoms with Crippen LogP contribution in [-0.4, -0.2) is 24.7 Å². The number of carbonyl (C=O) groups is 1. The molecule has 0 saturated carbocycles. The van der Waals surface area contributed by atoms with E-state index in [-0.39, 0.29) is 6.54 Å². The van der Waals surface area contributed by atoms with Crippen molar-refractivity contribution in [2.24, 2.45) is 0 Å². The Labute approximate surface area is 153 Å². The first-order valence-corrected chi connectivity index (χ1v) is 8.19. The van der Waals surface area contributed by atoms with E-state index in [0.29, 0.717) is 18.0 Å². The molecule has 1 amide bonds. The number of likely N-dealkylation sites (N-methyl/N-ethyl adjacent to an activating group) is 1. The summed E-state index contributed by atoms with van der Waals surface area (Å²) in [5.74, 6) is -4.28. The van der Waals surface area contributed by atoms with Gasteiger partial charge in [-0.25, -0.2) is 13.2 Å². The monoisotopic (exact) mass is 376 g/mol. The first-order valence-electron chi connectivity index (χ1n) is 8.19. The largest absolute Gasteiger partial charge is 0.356 e. The van der Waals surface area contributed by atoms with Crippen LogP contribution in [0.5, 0.6) is 0 Å². The van der Waals surface area contributed by atoms with E-state index in [4.69, 9.17) is 4.52 Å². The third-order valence-corrected chi connectivity index (χ3v) is 3.87. The predicted octanol–water partition coefficient (Wildman–Crippen LogP) is 2.41. The SMILES string of the molecule is C[NH+](CC(=O)Nc1ccc(F)c(F)c1F)Cc1cc(-c2ccccc2)on1. The summed E-state index contributed by atoms with van der Waals surface area (Å²) in [5, 5.41) is 6.22. The predicted molar refractivity (Wildman–Crippen MR) is 92.3 cm³/mol. The molecule has 2 N–H and O–H groups in total. The first-order chi connectivity index (χ1) is 12.9. The first kappa shape index (κ1) is 18.7. The Balaban J connectivity index is 1.58. The van der Waals surface area contributed by atoms with Gasteiger partial charge < -0.3 is 14.7 Å². The molecule has 8 heteroatoms. The van der Waals surface area contributed by atoms with Crippen molar-refractivity contribution in [3.8, 4) is 11.3 Å². The van der Waals surface area contributed by atoms with Crippen LogP contribution in [0.15, 0.2) is 53.1 Å². The number of quaternary nitrogens is 1. The lowest BCUT2D eigenvalue weighted by atomic mass is 10.1. The van der Waals surface area contributed by atoms with Crippen LogP contribution in [0.4, 0.5) is 18.9 Å². The van der Waals surface area contributed by atoms with Crippen molar-refractivity contribution in [3.05, 3.63) is 71.7 Å². The molecule has 1 atom stereocenters. The molecule has 140 valence electrons. The molecule has 3 rings (SSSR count). The van der Waals surface area contributed by atoms with Crippen LogP contribution in [0.2, 0.25) is 0 Å². The van der Waals surface area contributed by atoms with Crippen LogP contribution in [0.25, 0.3) is 11.3 Å². The van der Waals surface area contributed by atoms with Crippen molar-refractivity contribution in [1.29, 1.82) is 0 Å². The van der Waals surface area contributed by atoms with Gasteiger partial charge in [0.15, 0.2) is 29.8 Å². The zero-order chi connectivity index (χ0) is 19.4. The van der Waals surface area contributed by atoms with Gasteiger partial charge >= 0.3 is 0 Å². The number of aromatic nitrogens is 1. The van der Waals surface area contributed by atoms with E-state index in [0.717, 1.165) is 22.6 Å². The normalized spacial score (nSPS) is 12.0. The molecule has 1 aromatic heterocycles. The average molecular weight is 376 g/mol. The maximum Gasteiger partial charge on any atom is 0.279 e. The molecule has 0 aliphatic heterocycles. The molecular weight excluding hydrogens is 359 g/mol. The number of anilines is 1. The molecule has 0 aliphatic rings. The summed E-state index contributed by atoms with van der Waals surface area (Å²) >= 11 is 0. The smallest absolute Gasteiger partial charge is 0.279 e. The van der Waals surface area contributed by atoms with Crippen molar-refractivity contribution in [1.82, 2.24) is 5.16 Å². The fraction of sp³-hybridized carbons (Fsp3) is 0.158. The van der Waals surface area contributed by atoms with Crippen molar-refractivity contribution < 1.29 is 27.4 Å². The second kappa shape index (κ2) is 8.05. The fourth-order valence-corrected chi connectivity index (χ4v) is 2.60. The quantitative estimate of drug-likeness (QED) is 0.650. The van der Waals surface area contributed by atoms with E-state index < -0.39 is 29.0 Å². The van der Waals surface area contributed by atoms with Gasteiger partial charge in [0.2, 0.25) is 0 Å². The molecule has 0 spiro atoms. The maximum atomic E-state index is 13.6. The molecule has 0 bridgehead atoms. The summed E-state index contributed by atoms with van der Waals surface area (Å²) < 4.78 is 45.0. The van der Waals surface area contributed by atoms with Crippen molar-refractivity contribution in [2.45, 2.75) is 6.54 Å². The molecule has 2 aromatic carbocycles. The second-order valence-corrected chi connectivity index (χ2v) is 6.13. The lowest BCUT2D eigenvalue weighted by Gasteiger charge is -2.12. The minimum Gasteiger partial charge on any atom is -0.356 e. The Morgan fingerprint density at radius 1 is 1.11 bits per heavy atom. The van der Waals surface area contributed by atoms with E-state index in [2.05, 4.69) is 10.5 Å². The highest BCUT2D eigenvalue weighted by Gasteiger charge is 2.18. The minimum atomic E-state index is -1.62. The molecular formula is C19H17F3N3O2+. The summed E-state index contributed by atoms with van der Waals surface area (Å²) in [7, 11) is 1.75. The fourth-order valence-electron chi connectivity index (χ4n) is 2.60. The molecule has 0 radical (unpaired) electrons. The van der Waals surface area contributed by atoms with E-state index in [1.54, 1.807) is 13.1 Å². The second-order valence-electron chi connectivity index (χ2n) is 6.13. The lowest BCUT2D eigenvalue weighted by Crippen LogP contribution is -3.08. The Hall–Kier alpha value is -3.13. The molecule has 0 saturated heterocycles. The third kappa shape index (κ3) is 4.53. The topological polar surface area (TPSA) is 59.6 Å². The van der Waals surface area contributed by atoms with Gasteiger partial charge in [0.05, 0.1) is 12.7 Å². The van der Waals surface area contributed by atoms with Crippen LogP contribution in [0.1, 0.15) is 5.69 Å². The Kier molecular flexibility index (Phi) is 5.56. The molecule has 0 fully saturated rings. The van der Waals surface area contributed by atoms with E-state index in [9.17, 15) is 18.0 Å². The maximum absolute atomic E-state index is 13.6. The number of rotatable bonds is 6. The highest BCUT2D eigenvalue weighted by Crippen LogP contribution is 2.20. The Bertz CT molecular complexity index is 945.